The summed E-state index contributed by atoms with van der Waals surface area (Å²) in [5.41, 5.74) is 1.44. The van der Waals surface area contributed by atoms with Gasteiger partial charge in [0.1, 0.15) is 17.2 Å². The first kappa shape index (κ1) is 11.5. The molecule has 1 aliphatic heterocycles. The standard InChI is InChI=1S/C12H8FN3O3/c1-6-9(15-19-14-6)5-16-10-3-2-7(13)4-8(10)11(17)12(16)18/h2-4H,5H2,1H3. The molecule has 1 aliphatic rings. The molecule has 1 aromatic carbocycles. The molecule has 0 saturated carbocycles. The quantitative estimate of drug-likeness (QED) is 0.760. The Morgan fingerprint density at radius 3 is 2.79 bits per heavy atom. The average molecular weight is 261 g/mol. The van der Waals surface area contributed by atoms with Crippen LogP contribution in [0.15, 0.2) is 22.8 Å². The number of anilines is 1. The van der Waals surface area contributed by atoms with Gasteiger partial charge in [-0.3, -0.25) is 14.5 Å². The van der Waals surface area contributed by atoms with Crippen LogP contribution in [0.5, 0.6) is 0 Å². The summed E-state index contributed by atoms with van der Waals surface area (Å²) in [5, 5.41) is 7.27. The predicted molar refractivity (Wildman–Crippen MR) is 61.0 cm³/mol. The van der Waals surface area contributed by atoms with Crippen LogP contribution in [0.1, 0.15) is 21.7 Å². The minimum absolute atomic E-state index is 0.0680. The summed E-state index contributed by atoms with van der Waals surface area (Å²) in [5.74, 6) is -1.98. The van der Waals surface area contributed by atoms with E-state index in [0.29, 0.717) is 17.1 Å². The number of aryl methyl sites for hydroxylation is 1. The number of carbonyl (C=O) groups excluding carboxylic acids is 2. The molecule has 0 unspecified atom stereocenters. The number of amides is 1. The van der Waals surface area contributed by atoms with Crippen LogP contribution in [0.25, 0.3) is 0 Å². The summed E-state index contributed by atoms with van der Waals surface area (Å²) in [6.07, 6.45) is 0. The van der Waals surface area contributed by atoms with Crippen molar-refractivity contribution in [2.24, 2.45) is 0 Å². The Morgan fingerprint density at radius 2 is 2.11 bits per heavy atom. The van der Waals surface area contributed by atoms with E-state index in [2.05, 4.69) is 14.9 Å². The molecule has 1 aromatic heterocycles. The van der Waals surface area contributed by atoms with E-state index in [1.54, 1.807) is 6.92 Å². The maximum atomic E-state index is 13.1. The van der Waals surface area contributed by atoms with Gasteiger partial charge in [-0.1, -0.05) is 10.3 Å². The van der Waals surface area contributed by atoms with Crippen molar-refractivity contribution in [1.82, 2.24) is 10.3 Å². The summed E-state index contributed by atoms with van der Waals surface area (Å²) in [7, 11) is 0. The van der Waals surface area contributed by atoms with E-state index in [-0.39, 0.29) is 12.1 Å². The Labute approximate surface area is 106 Å². The molecule has 0 N–H and O–H groups in total. The van der Waals surface area contributed by atoms with Crippen molar-refractivity contribution in [1.29, 1.82) is 0 Å². The van der Waals surface area contributed by atoms with Crippen LogP contribution in [0.2, 0.25) is 0 Å². The number of halogens is 1. The number of aromatic nitrogens is 2. The van der Waals surface area contributed by atoms with Crippen molar-refractivity contribution < 1.29 is 18.6 Å². The normalized spacial score (nSPS) is 14.1. The SMILES string of the molecule is Cc1nonc1CN1C(=O)C(=O)c2cc(F)ccc21. The number of nitrogens with zero attached hydrogens (tertiary/aromatic N) is 3. The number of hydrogen-bond donors (Lipinski definition) is 0. The molecule has 96 valence electrons. The number of carbonyl (C=O) groups is 2. The minimum Gasteiger partial charge on any atom is -0.299 e. The Kier molecular flexibility index (Phi) is 2.41. The largest absolute Gasteiger partial charge is 0.299 e. The zero-order chi connectivity index (χ0) is 13.6. The summed E-state index contributed by atoms with van der Waals surface area (Å²) >= 11 is 0. The van der Waals surface area contributed by atoms with Crippen LogP contribution in [0.4, 0.5) is 10.1 Å². The molecule has 0 atom stereocenters. The Bertz CT molecular complexity index is 695. The smallest absolute Gasteiger partial charge is 0.299 e. The molecule has 0 fully saturated rings. The third-order valence-electron chi connectivity index (χ3n) is 2.99. The van der Waals surface area contributed by atoms with E-state index < -0.39 is 17.5 Å². The first-order valence-corrected chi connectivity index (χ1v) is 5.51. The molecular weight excluding hydrogens is 253 g/mol. The lowest BCUT2D eigenvalue weighted by Gasteiger charge is -2.14. The lowest BCUT2D eigenvalue weighted by Crippen LogP contribution is -2.29. The van der Waals surface area contributed by atoms with Gasteiger partial charge in [0.05, 0.1) is 17.8 Å². The van der Waals surface area contributed by atoms with E-state index in [1.165, 1.54) is 17.0 Å². The molecule has 1 amide bonds. The highest BCUT2D eigenvalue weighted by atomic mass is 19.1. The molecule has 2 heterocycles. The second-order valence-corrected chi connectivity index (χ2v) is 4.18. The third-order valence-corrected chi connectivity index (χ3v) is 2.99. The van der Waals surface area contributed by atoms with Gasteiger partial charge in [-0.2, -0.15) is 0 Å². The van der Waals surface area contributed by atoms with E-state index in [0.717, 1.165) is 6.07 Å². The van der Waals surface area contributed by atoms with Gasteiger partial charge in [-0.15, -0.1) is 0 Å². The van der Waals surface area contributed by atoms with Crippen molar-refractivity contribution in [3.8, 4) is 0 Å². The molecule has 7 heteroatoms. The molecule has 2 aromatic rings. The maximum Gasteiger partial charge on any atom is 0.299 e. The van der Waals surface area contributed by atoms with Crippen molar-refractivity contribution >= 4 is 17.4 Å². The number of Topliss-reactive ketones (excluding diaryl/α,β-unsaturated/α-hetero) is 1. The predicted octanol–water partition coefficient (Wildman–Crippen LogP) is 1.25. The molecule has 19 heavy (non-hydrogen) atoms. The highest BCUT2D eigenvalue weighted by Crippen LogP contribution is 2.30. The highest BCUT2D eigenvalue weighted by molar-refractivity contribution is 6.52. The number of ketones is 1. The van der Waals surface area contributed by atoms with Crippen molar-refractivity contribution in [3.05, 3.63) is 41.0 Å². The zero-order valence-electron chi connectivity index (χ0n) is 9.88. The molecule has 0 radical (unpaired) electrons. The Morgan fingerprint density at radius 1 is 1.32 bits per heavy atom. The molecular formula is C12H8FN3O3. The van der Waals surface area contributed by atoms with Crippen LogP contribution < -0.4 is 4.90 Å². The van der Waals surface area contributed by atoms with Gasteiger partial charge in [0.15, 0.2) is 0 Å². The number of rotatable bonds is 2. The molecule has 0 aliphatic carbocycles. The first-order valence-electron chi connectivity index (χ1n) is 5.51. The molecule has 6 nitrogen and oxygen atoms in total. The average Bonchev–Trinajstić information content (AvgIpc) is 2.88. The second kappa shape index (κ2) is 3.98. The fourth-order valence-electron chi connectivity index (χ4n) is 1.97. The second-order valence-electron chi connectivity index (χ2n) is 4.18. The highest BCUT2D eigenvalue weighted by Gasteiger charge is 2.36. The minimum atomic E-state index is -0.719. The van der Waals surface area contributed by atoms with Crippen molar-refractivity contribution in [3.63, 3.8) is 0 Å². The summed E-state index contributed by atoms with van der Waals surface area (Å²) in [6, 6.07) is 3.66. The van der Waals surface area contributed by atoms with E-state index in [1.807, 2.05) is 0 Å². The third kappa shape index (κ3) is 1.70. The van der Waals surface area contributed by atoms with Gasteiger partial charge in [0, 0.05) is 0 Å². The monoisotopic (exact) mass is 261 g/mol. The van der Waals surface area contributed by atoms with E-state index in [9.17, 15) is 14.0 Å². The van der Waals surface area contributed by atoms with Crippen LogP contribution >= 0.6 is 0 Å². The Balaban J connectivity index is 2.02. The maximum absolute atomic E-state index is 13.1. The van der Waals surface area contributed by atoms with Crippen molar-refractivity contribution in [2.75, 3.05) is 4.90 Å². The molecule has 3 rings (SSSR count). The molecule has 0 bridgehead atoms. The van der Waals surface area contributed by atoms with Crippen LogP contribution in [0, 0.1) is 12.7 Å². The zero-order valence-corrected chi connectivity index (χ0v) is 9.88. The van der Waals surface area contributed by atoms with E-state index in [4.69, 9.17) is 0 Å². The molecule has 0 saturated heterocycles. The van der Waals surface area contributed by atoms with Gasteiger partial charge < -0.3 is 0 Å². The van der Waals surface area contributed by atoms with Crippen LogP contribution in [-0.4, -0.2) is 22.0 Å². The first-order chi connectivity index (χ1) is 9.08. The van der Waals surface area contributed by atoms with Gasteiger partial charge in [-0.05, 0) is 25.1 Å². The number of benzene rings is 1. The van der Waals surface area contributed by atoms with Crippen molar-refractivity contribution in [2.45, 2.75) is 13.5 Å². The van der Waals surface area contributed by atoms with Crippen LogP contribution in [0.3, 0.4) is 0 Å². The summed E-state index contributed by atoms with van der Waals surface area (Å²) in [4.78, 5) is 24.9. The lowest BCUT2D eigenvalue weighted by atomic mass is 10.1. The number of fused-ring (bicyclic) bond motifs is 1. The summed E-state index contributed by atoms with van der Waals surface area (Å²) < 4.78 is 17.7. The van der Waals surface area contributed by atoms with Gasteiger partial charge in [0.25, 0.3) is 11.7 Å². The van der Waals surface area contributed by atoms with E-state index >= 15 is 0 Å². The van der Waals surface area contributed by atoms with Gasteiger partial charge in [0.2, 0.25) is 0 Å². The summed E-state index contributed by atoms with van der Waals surface area (Å²) in [6.45, 7) is 1.75. The lowest BCUT2D eigenvalue weighted by molar-refractivity contribution is -0.114. The fraction of sp³-hybridized carbons (Fsp3) is 0.167. The number of hydrogen-bond acceptors (Lipinski definition) is 5. The fourth-order valence-corrected chi connectivity index (χ4v) is 1.97. The topological polar surface area (TPSA) is 76.3 Å². The van der Waals surface area contributed by atoms with Gasteiger partial charge in [-0.25, -0.2) is 9.02 Å². The Hall–Kier alpha value is -2.57. The van der Waals surface area contributed by atoms with Crippen LogP contribution in [-0.2, 0) is 11.3 Å². The molecule has 0 spiro atoms. The van der Waals surface area contributed by atoms with Gasteiger partial charge >= 0.3 is 0 Å².